The third kappa shape index (κ3) is 4.76. The predicted octanol–water partition coefficient (Wildman–Crippen LogP) is 6.58. The summed E-state index contributed by atoms with van der Waals surface area (Å²) in [5.41, 5.74) is 4.09. The molecule has 2 nitrogen and oxygen atoms in total. The fraction of sp³-hybridized carbons (Fsp3) is 0.522. The molecule has 3 heteroatoms. The third-order valence-corrected chi connectivity index (χ3v) is 6.90. The lowest BCUT2D eigenvalue weighted by Gasteiger charge is -2.31. The lowest BCUT2D eigenvalue weighted by atomic mass is 9.91. The molecule has 0 bridgehead atoms. The molecule has 0 N–H and O–H groups in total. The molecule has 3 rings (SSSR count). The highest BCUT2D eigenvalue weighted by atomic mass is 32.1. The molecule has 1 fully saturated rings. The number of aryl methyl sites for hydroxylation is 1. The molecule has 0 amide bonds. The zero-order valence-electron chi connectivity index (χ0n) is 16.5. The van der Waals surface area contributed by atoms with Crippen LogP contribution in [-0.2, 0) is 6.42 Å². The third-order valence-electron chi connectivity index (χ3n) is 5.79. The van der Waals surface area contributed by atoms with Gasteiger partial charge in [-0.3, -0.25) is 0 Å². The Hall–Kier alpha value is -1.61. The van der Waals surface area contributed by atoms with Crippen LogP contribution in [-0.4, -0.2) is 18.1 Å². The minimum atomic E-state index is 0.688. The van der Waals surface area contributed by atoms with Crippen LogP contribution in [0.5, 0.6) is 0 Å². The zero-order chi connectivity index (χ0) is 18.5. The lowest BCUT2D eigenvalue weighted by molar-refractivity contribution is 0.459. The molecule has 1 aromatic carbocycles. The molecule has 0 radical (unpaired) electrons. The highest BCUT2D eigenvalue weighted by molar-refractivity contribution is 7.18. The highest BCUT2D eigenvalue weighted by Crippen LogP contribution is 2.34. The molecular weight excluding hydrogens is 336 g/mol. The van der Waals surface area contributed by atoms with Gasteiger partial charge in [-0.1, -0.05) is 68.0 Å². The topological polar surface area (TPSA) is 16.1 Å². The van der Waals surface area contributed by atoms with E-state index in [4.69, 9.17) is 4.98 Å². The van der Waals surface area contributed by atoms with Gasteiger partial charge >= 0.3 is 0 Å². The van der Waals surface area contributed by atoms with Crippen molar-refractivity contribution in [2.75, 3.05) is 18.0 Å². The number of anilines is 1. The smallest absolute Gasteiger partial charge is 0.185 e. The molecule has 1 unspecified atom stereocenters. The second-order valence-corrected chi connectivity index (χ2v) is 8.88. The van der Waals surface area contributed by atoms with Crippen molar-refractivity contribution in [1.29, 1.82) is 0 Å². The van der Waals surface area contributed by atoms with E-state index in [0.29, 0.717) is 5.92 Å². The van der Waals surface area contributed by atoms with Crippen LogP contribution < -0.4 is 4.90 Å². The van der Waals surface area contributed by atoms with E-state index >= 15 is 0 Å². The molecular formula is C23H32N2S. The van der Waals surface area contributed by atoms with Crippen LogP contribution in [0, 0.1) is 11.8 Å². The minimum absolute atomic E-state index is 0.688. The van der Waals surface area contributed by atoms with Crippen molar-refractivity contribution in [2.45, 2.75) is 52.9 Å². The Kier molecular flexibility index (Phi) is 6.53. The van der Waals surface area contributed by atoms with E-state index in [0.717, 1.165) is 19.0 Å². The molecule has 0 saturated carbocycles. The standard InChI is InChI=1S/C23H32N2S/c1-5-18(4)9-10-19-7-6-8-21(15-19)22-16-24-23(26-22)25-13-11-20(12-14-25)17(2)3/h6-8,15-16,18,20H,2,5,9-14H2,1,3-4H3. The highest BCUT2D eigenvalue weighted by Gasteiger charge is 2.21. The van der Waals surface area contributed by atoms with Gasteiger partial charge in [0.05, 0.1) is 4.88 Å². The zero-order valence-corrected chi connectivity index (χ0v) is 17.3. The number of hydrogen-bond donors (Lipinski definition) is 0. The molecule has 26 heavy (non-hydrogen) atoms. The molecule has 1 atom stereocenters. The van der Waals surface area contributed by atoms with E-state index in [1.807, 2.05) is 11.3 Å². The monoisotopic (exact) mass is 368 g/mol. The van der Waals surface area contributed by atoms with Crippen LogP contribution in [0.3, 0.4) is 0 Å². The van der Waals surface area contributed by atoms with Crippen molar-refractivity contribution in [2.24, 2.45) is 11.8 Å². The van der Waals surface area contributed by atoms with Crippen LogP contribution >= 0.6 is 11.3 Å². The summed E-state index contributed by atoms with van der Waals surface area (Å²) in [5.74, 6) is 1.49. The molecule has 0 spiro atoms. The average molecular weight is 369 g/mol. The second kappa shape index (κ2) is 8.85. The predicted molar refractivity (Wildman–Crippen MR) is 115 cm³/mol. The number of rotatable bonds is 7. The van der Waals surface area contributed by atoms with Crippen molar-refractivity contribution in [3.8, 4) is 10.4 Å². The summed E-state index contributed by atoms with van der Waals surface area (Å²) >= 11 is 1.83. The van der Waals surface area contributed by atoms with E-state index in [2.05, 4.69) is 62.7 Å². The Morgan fingerprint density at radius 1 is 1.35 bits per heavy atom. The van der Waals surface area contributed by atoms with Crippen LogP contribution in [0.25, 0.3) is 10.4 Å². The van der Waals surface area contributed by atoms with Gasteiger partial charge in [0.1, 0.15) is 0 Å². The maximum Gasteiger partial charge on any atom is 0.185 e. The van der Waals surface area contributed by atoms with Crippen molar-refractivity contribution < 1.29 is 0 Å². The van der Waals surface area contributed by atoms with Gasteiger partial charge in [0.2, 0.25) is 0 Å². The normalized spacial score (nSPS) is 16.7. The Bertz CT molecular complexity index is 725. The van der Waals surface area contributed by atoms with Gasteiger partial charge in [-0.2, -0.15) is 0 Å². The largest absolute Gasteiger partial charge is 0.348 e. The summed E-state index contributed by atoms with van der Waals surface area (Å²) in [5, 5.41) is 1.17. The van der Waals surface area contributed by atoms with E-state index in [-0.39, 0.29) is 0 Å². The molecule has 1 aromatic heterocycles. The Labute approximate surface area is 163 Å². The summed E-state index contributed by atoms with van der Waals surface area (Å²) in [6.07, 6.45) is 8.16. The molecule has 2 aromatic rings. The molecule has 1 aliphatic heterocycles. The first kappa shape index (κ1) is 19.2. The van der Waals surface area contributed by atoms with Gasteiger partial charge in [-0.15, -0.1) is 0 Å². The number of hydrogen-bond acceptors (Lipinski definition) is 3. The maximum absolute atomic E-state index is 4.73. The minimum Gasteiger partial charge on any atom is -0.348 e. The van der Waals surface area contributed by atoms with Crippen LogP contribution in [0.4, 0.5) is 5.13 Å². The number of piperidine rings is 1. The van der Waals surface area contributed by atoms with Crippen LogP contribution in [0.15, 0.2) is 42.6 Å². The first-order chi connectivity index (χ1) is 12.6. The SMILES string of the molecule is C=C(C)C1CCN(c2ncc(-c3cccc(CCC(C)CC)c3)s2)CC1. The fourth-order valence-corrected chi connectivity index (χ4v) is 4.57. The van der Waals surface area contributed by atoms with Gasteiger partial charge in [-0.25, -0.2) is 4.98 Å². The first-order valence-corrected chi connectivity index (χ1v) is 10.8. The number of thiazole rings is 1. The maximum atomic E-state index is 4.73. The summed E-state index contributed by atoms with van der Waals surface area (Å²) in [6, 6.07) is 9.03. The van der Waals surface area contributed by atoms with E-state index in [1.54, 1.807) is 0 Å². The van der Waals surface area contributed by atoms with Crippen LogP contribution in [0.1, 0.15) is 52.0 Å². The number of nitrogens with zero attached hydrogens (tertiary/aromatic N) is 2. The fourth-order valence-electron chi connectivity index (χ4n) is 3.61. The Morgan fingerprint density at radius 3 is 2.81 bits per heavy atom. The average Bonchev–Trinajstić information content (AvgIpc) is 3.16. The number of aromatic nitrogens is 1. The van der Waals surface area contributed by atoms with Gasteiger partial charge in [0.15, 0.2) is 5.13 Å². The van der Waals surface area contributed by atoms with Crippen molar-refractivity contribution in [3.05, 3.63) is 48.2 Å². The molecule has 140 valence electrons. The Morgan fingerprint density at radius 2 is 2.12 bits per heavy atom. The van der Waals surface area contributed by atoms with Crippen molar-refractivity contribution in [1.82, 2.24) is 4.98 Å². The molecule has 1 aliphatic rings. The molecule has 1 saturated heterocycles. The number of benzene rings is 1. The van der Waals surface area contributed by atoms with Crippen molar-refractivity contribution in [3.63, 3.8) is 0 Å². The van der Waals surface area contributed by atoms with Crippen LogP contribution in [0.2, 0.25) is 0 Å². The van der Waals surface area contributed by atoms with Gasteiger partial charge < -0.3 is 4.90 Å². The summed E-state index contributed by atoms with van der Waals surface area (Å²) in [6.45, 7) is 13.1. The summed E-state index contributed by atoms with van der Waals surface area (Å²) in [7, 11) is 0. The van der Waals surface area contributed by atoms with E-state index < -0.39 is 0 Å². The summed E-state index contributed by atoms with van der Waals surface area (Å²) < 4.78 is 0. The molecule has 0 aliphatic carbocycles. The van der Waals surface area contributed by atoms with E-state index in [9.17, 15) is 0 Å². The number of allylic oxidation sites excluding steroid dienone is 1. The van der Waals surface area contributed by atoms with Crippen molar-refractivity contribution >= 4 is 16.5 Å². The quantitative estimate of drug-likeness (QED) is 0.513. The summed E-state index contributed by atoms with van der Waals surface area (Å²) in [4.78, 5) is 8.45. The van der Waals surface area contributed by atoms with Gasteiger partial charge in [0.25, 0.3) is 0 Å². The van der Waals surface area contributed by atoms with E-state index in [1.165, 1.54) is 58.8 Å². The lowest BCUT2D eigenvalue weighted by Crippen LogP contribution is -2.33. The Balaban J connectivity index is 1.65. The van der Waals surface area contributed by atoms with Gasteiger partial charge in [-0.05, 0) is 55.6 Å². The second-order valence-electron chi connectivity index (χ2n) is 7.87. The first-order valence-electron chi connectivity index (χ1n) is 10.0. The molecule has 2 heterocycles. The van der Waals surface area contributed by atoms with Gasteiger partial charge in [0, 0.05) is 19.3 Å².